The number of morpholine rings is 1. The molecular formula is C11H12ClF3N2O. The number of nitrogens with zero attached hydrogens (tertiary/aromatic N) is 2. The van der Waals surface area contributed by atoms with Gasteiger partial charge in [0.25, 0.3) is 0 Å². The van der Waals surface area contributed by atoms with Gasteiger partial charge in [0.2, 0.25) is 0 Å². The zero-order chi connectivity index (χ0) is 13.2. The summed E-state index contributed by atoms with van der Waals surface area (Å²) in [4.78, 5) is 5.74. The smallest absolute Gasteiger partial charge is 0.377 e. The summed E-state index contributed by atoms with van der Waals surface area (Å²) in [6.07, 6.45) is -3.20. The minimum atomic E-state index is -4.36. The second-order valence-corrected chi connectivity index (χ2v) is 4.29. The van der Waals surface area contributed by atoms with E-state index in [9.17, 15) is 13.2 Å². The van der Waals surface area contributed by atoms with Crippen LogP contribution in [0.3, 0.4) is 0 Å². The highest BCUT2D eigenvalue weighted by molar-refractivity contribution is 6.18. The van der Waals surface area contributed by atoms with Gasteiger partial charge in [-0.3, -0.25) is 0 Å². The van der Waals surface area contributed by atoms with E-state index in [2.05, 4.69) is 4.98 Å². The van der Waals surface area contributed by atoms with Crippen molar-refractivity contribution >= 4 is 17.4 Å². The normalized spacial score (nSPS) is 21.1. The fourth-order valence-corrected chi connectivity index (χ4v) is 2.09. The van der Waals surface area contributed by atoms with Crippen LogP contribution in [0.25, 0.3) is 0 Å². The molecule has 0 N–H and O–H groups in total. The molecular weight excluding hydrogens is 269 g/mol. The van der Waals surface area contributed by atoms with Gasteiger partial charge in [0, 0.05) is 18.6 Å². The molecule has 3 nitrogen and oxygen atoms in total. The molecule has 1 aliphatic heterocycles. The Morgan fingerprint density at radius 2 is 2.28 bits per heavy atom. The fourth-order valence-electron chi connectivity index (χ4n) is 1.84. The van der Waals surface area contributed by atoms with Crippen molar-refractivity contribution in [2.45, 2.75) is 12.2 Å². The van der Waals surface area contributed by atoms with Crippen molar-refractivity contribution < 1.29 is 17.9 Å². The standard InChI is InChI=1S/C11H12ClF3N2O/c12-6-9-7-18-4-3-17(9)10-5-8(1-2-16-10)11(13,14)15/h1-2,5,9H,3-4,6-7H2. The summed E-state index contributed by atoms with van der Waals surface area (Å²) in [5.41, 5.74) is -0.702. The molecule has 0 aromatic carbocycles. The molecule has 0 aliphatic carbocycles. The highest BCUT2D eigenvalue weighted by Crippen LogP contribution is 2.31. The van der Waals surface area contributed by atoms with Crippen LogP contribution in [0.4, 0.5) is 19.0 Å². The van der Waals surface area contributed by atoms with Crippen LogP contribution in [0.2, 0.25) is 0 Å². The van der Waals surface area contributed by atoms with Gasteiger partial charge in [-0.25, -0.2) is 4.98 Å². The third-order valence-corrected chi connectivity index (χ3v) is 3.13. The monoisotopic (exact) mass is 280 g/mol. The predicted octanol–water partition coefficient (Wildman–Crippen LogP) is 2.54. The lowest BCUT2D eigenvalue weighted by Gasteiger charge is -2.35. The van der Waals surface area contributed by atoms with Crippen LogP contribution in [0.5, 0.6) is 0 Å². The van der Waals surface area contributed by atoms with Gasteiger partial charge in [0.15, 0.2) is 0 Å². The molecule has 7 heteroatoms. The average molecular weight is 281 g/mol. The van der Waals surface area contributed by atoms with Gasteiger partial charge in [-0.1, -0.05) is 0 Å². The Bertz CT molecular complexity index is 414. The Kier molecular flexibility index (Phi) is 3.97. The maximum atomic E-state index is 12.6. The van der Waals surface area contributed by atoms with Crippen LogP contribution in [0.1, 0.15) is 5.56 Å². The molecule has 0 saturated carbocycles. The Morgan fingerprint density at radius 1 is 1.50 bits per heavy atom. The minimum Gasteiger partial charge on any atom is -0.377 e. The van der Waals surface area contributed by atoms with Gasteiger partial charge in [0.1, 0.15) is 5.82 Å². The molecule has 100 valence electrons. The maximum absolute atomic E-state index is 12.6. The Balaban J connectivity index is 2.27. The highest BCUT2D eigenvalue weighted by atomic mass is 35.5. The van der Waals surface area contributed by atoms with E-state index >= 15 is 0 Å². The van der Waals surface area contributed by atoms with Crippen molar-refractivity contribution in [3.05, 3.63) is 23.9 Å². The van der Waals surface area contributed by atoms with Crippen LogP contribution >= 0.6 is 11.6 Å². The van der Waals surface area contributed by atoms with E-state index in [4.69, 9.17) is 16.3 Å². The largest absolute Gasteiger partial charge is 0.416 e. The summed E-state index contributed by atoms with van der Waals surface area (Å²) in [6, 6.07) is 1.86. The molecule has 1 unspecified atom stereocenters. The van der Waals surface area contributed by atoms with Crippen LogP contribution in [-0.4, -0.2) is 36.7 Å². The van der Waals surface area contributed by atoms with Crippen LogP contribution in [-0.2, 0) is 10.9 Å². The number of aromatic nitrogens is 1. The molecule has 2 rings (SSSR count). The molecule has 2 heterocycles. The topological polar surface area (TPSA) is 25.4 Å². The van der Waals surface area contributed by atoms with Crippen molar-refractivity contribution in [1.29, 1.82) is 0 Å². The van der Waals surface area contributed by atoms with Crippen molar-refractivity contribution in [3.8, 4) is 0 Å². The first kappa shape index (κ1) is 13.4. The summed E-state index contributed by atoms with van der Waals surface area (Å²) >= 11 is 5.78. The molecule has 1 fully saturated rings. The summed E-state index contributed by atoms with van der Waals surface area (Å²) < 4.78 is 43.1. The number of hydrogen-bond acceptors (Lipinski definition) is 3. The number of pyridine rings is 1. The van der Waals surface area contributed by atoms with E-state index in [1.807, 2.05) is 0 Å². The second kappa shape index (κ2) is 5.32. The number of alkyl halides is 4. The lowest BCUT2D eigenvalue weighted by Crippen LogP contribution is -2.47. The molecule has 0 bridgehead atoms. The van der Waals surface area contributed by atoms with Gasteiger partial charge in [-0.15, -0.1) is 11.6 Å². The number of hydrogen-bond donors (Lipinski definition) is 0. The SMILES string of the molecule is FC(F)(F)c1ccnc(N2CCOCC2CCl)c1. The highest BCUT2D eigenvalue weighted by Gasteiger charge is 2.32. The molecule has 1 saturated heterocycles. The fraction of sp³-hybridized carbons (Fsp3) is 0.545. The average Bonchev–Trinajstić information content (AvgIpc) is 2.38. The predicted molar refractivity (Wildman–Crippen MR) is 61.9 cm³/mol. The molecule has 1 aromatic heterocycles. The minimum absolute atomic E-state index is 0.142. The molecule has 1 aromatic rings. The lowest BCUT2D eigenvalue weighted by atomic mass is 10.2. The summed E-state index contributed by atoms with van der Waals surface area (Å²) in [7, 11) is 0. The summed E-state index contributed by atoms with van der Waals surface area (Å²) in [5, 5.41) is 0. The van der Waals surface area contributed by atoms with E-state index in [1.165, 1.54) is 6.20 Å². The lowest BCUT2D eigenvalue weighted by molar-refractivity contribution is -0.137. The first-order valence-corrected chi connectivity index (χ1v) is 5.99. The molecule has 0 radical (unpaired) electrons. The Morgan fingerprint density at radius 3 is 2.94 bits per heavy atom. The molecule has 18 heavy (non-hydrogen) atoms. The van der Waals surface area contributed by atoms with E-state index in [0.29, 0.717) is 25.6 Å². The first-order chi connectivity index (χ1) is 8.52. The van der Waals surface area contributed by atoms with Crippen molar-refractivity contribution in [2.24, 2.45) is 0 Å². The Labute approximate surface area is 108 Å². The third kappa shape index (κ3) is 2.87. The third-order valence-electron chi connectivity index (χ3n) is 2.77. The van der Waals surface area contributed by atoms with Crippen molar-refractivity contribution in [3.63, 3.8) is 0 Å². The van der Waals surface area contributed by atoms with E-state index in [-0.39, 0.29) is 11.9 Å². The van der Waals surface area contributed by atoms with Gasteiger partial charge >= 0.3 is 6.18 Å². The van der Waals surface area contributed by atoms with Gasteiger partial charge in [-0.05, 0) is 12.1 Å². The zero-order valence-corrected chi connectivity index (χ0v) is 10.2. The molecule has 1 atom stereocenters. The molecule has 0 spiro atoms. The second-order valence-electron chi connectivity index (χ2n) is 3.98. The van der Waals surface area contributed by atoms with E-state index in [1.54, 1.807) is 4.90 Å². The maximum Gasteiger partial charge on any atom is 0.416 e. The number of rotatable bonds is 2. The van der Waals surface area contributed by atoms with Gasteiger partial charge in [0.05, 0.1) is 24.8 Å². The number of ether oxygens (including phenoxy) is 1. The van der Waals surface area contributed by atoms with Crippen LogP contribution in [0, 0.1) is 0 Å². The quantitative estimate of drug-likeness (QED) is 0.779. The Hall–Kier alpha value is -1.01. The summed E-state index contributed by atoms with van der Waals surface area (Å²) in [5.74, 6) is 0.580. The van der Waals surface area contributed by atoms with Crippen LogP contribution < -0.4 is 4.90 Å². The zero-order valence-electron chi connectivity index (χ0n) is 9.45. The van der Waals surface area contributed by atoms with E-state index < -0.39 is 11.7 Å². The van der Waals surface area contributed by atoms with Gasteiger partial charge < -0.3 is 9.64 Å². The van der Waals surface area contributed by atoms with E-state index in [0.717, 1.165) is 12.1 Å². The summed E-state index contributed by atoms with van der Waals surface area (Å²) in [6.45, 7) is 1.36. The van der Waals surface area contributed by atoms with Crippen molar-refractivity contribution in [1.82, 2.24) is 4.98 Å². The van der Waals surface area contributed by atoms with Crippen LogP contribution in [0.15, 0.2) is 18.3 Å². The van der Waals surface area contributed by atoms with Gasteiger partial charge in [-0.2, -0.15) is 13.2 Å². The molecule has 0 amide bonds. The van der Waals surface area contributed by atoms with Crippen molar-refractivity contribution in [2.75, 3.05) is 30.5 Å². The first-order valence-electron chi connectivity index (χ1n) is 5.46. The number of anilines is 1. The number of halogens is 4. The molecule has 1 aliphatic rings.